The molecule has 0 saturated carbocycles. The van der Waals surface area contributed by atoms with Crippen molar-refractivity contribution in [1.29, 1.82) is 0 Å². The number of nitrogens with two attached hydrogens (primary N) is 1. The smallest absolute Gasteiger partial charge is 0.217 e. The Kier molecular flexibility index (Phi) is 2.54. The molecule has 1 aromatic rings. The minimum atomic E-state index is -0.457. The molecule has 0 radical (unpaired) electrons. The van der Waals surface area contributed by atoms with Crippen molar-refractivity contribution >= 4 is 0 Å². The van der Waals surface area contributed by atoms with E-state index in [1.807, 2.05) is 6.92 Å². The molecule has 0 bridgehead atoms. The molecule has 2 nitrogen and oxygen atoms in total. The number of aromatic nitrogens is 1. The molecule has 1 heterocycles. The molecule has 0 aliphatic heterocycles. The van der Waals surface area contributed by atoms with Gasteiger partial charge in [0.1, 0.15) is 0 Å². The first-order valence-electron chi connectivity index (χ1n) is 3.61. The zero-order valence-corrected chi connectivity index (χ0v) is 6.42. The topological polar surface area (TPSA) is 38.9 Å². The molecule has 0 amide bonds. The molecule has 0 saturated heterocycles. The lowest BCUT2D eigenvalue weighted by atomic mass is 10.1. The lowest BCUT2D eigenvalue weighted by Crippen LogP contribution is -2.11. The first-order chi connectivity index (χ1) is 5.25. The number of pyridine rings is 1. The van der Waals surface area contributed by atoms with Crippen LogP contribution in [0.5, 0.6) is 0 Å². The van der Waals surface area contributed by atoms with Gasteiger partial charge in [-0.25, -0.2) is 4.98 Å². The number of halogens is 1. The summed E-state index contributed by atoms with van der Waals surface area (Å²) in [6.07, 6.45) is 2.14. The van der Waals surface area contributed by atoms with Crippen molar-refractivity contribution in [3.8, 4) is 0 Å². The van der Waals surface area contributed by atoms with Gasteiger partial charge in [0.05, 0.1) is 0 Å². The Morgan fingerprint density at radius 3 is 3.00 bits per heavy atom. The third kappa shape index (κ3) is 1.74. The summed E-state index contributed by atoms with van der Waals surface area (Å²) in [5.74, 6) is -0.457. The minimum absolute atomic E-state index is 0.233. The van der Waals surface area contributed by atoms with Crippen LogP contribution in [-0.2, 0) is 0 Å². The summed E-state index contributed by atoms with van der Waals surface area (Å²) in [5, 5.41) is 0. The van der Waals surface area contributed by atoms with Crippen LogP contribution < -0.4 is 5.73 Å². The molecule has 0 aliphatic rings. The average molecular weight is 154 g/mol. The van der Waals surface area contributed by atoms with Crippen LogP contribution in [0.3, 0.4) is 0 Å². The molecule has 0 spiro atoms. The van der Waals surface area contributed by atoms with Gasteiger partial charge in [0, 0.05) is 17.8 Å². The van der Waals surface area contributed by atoms with Crippen LogP contribution >= 0.6 is 0 Å². The van der Waals surface area contributed by atoms with Crippen molar-refractivity contribution in [2.24, 2.45) is 5.73 Å². The molecule has 0 aliphatic carbocycles. The number of rotatable bonds is 2. The van der Waals surface area contributed by atoms with E-state index in [2.05, 4.69) is 4.98 Å². The van der Waals surface area contributed by atoms with E-state index in [1.165, 1.54) is 6.20 Å². The van der Waals surface area contributed by atoms with Gasteiger partial charge in [0.2, 0.25) is 5.95 Å². The van der Waals surface area contributed by atoms with Gasteiger partial charge in [-0.2, -0.15) is 4.39 Å². The predicted octanol–water partition coefficient (Wildman–Crippen LogP) is 1.63. The predicted molar refractivity (Wildman–Crippen MR) is 41.4 cm³/mol. The Morgan fingerprint density at radius 2 is 2.45 bits per heavy atom. The Morgan fingerprint density at radius 1 is 1.73 bits per heavy atom. The molecule has 11 heavy (non-hydrogen) atoms. The fourth-order valence-corrected chi connectivity index (χ4v) is 0.895. The third-order valence-electron chi connectivity index (χ3n) is 1.63. The standard InChI is InChI=1S/C8H11FN2/c1-2-7(10)6-4-3-5-11-8(6)9/h3-5,7H,2,10H2,1H3/t7-/m1/s1. The van der Waals surface area contributed by atoms with E-state index in [1.54, 1.807) is 12.1 Å². The van der Waals surface area contributed by atoms with Crippen molar-refractivity contribution in [2.45, 2.75) is 19.4 Å². The van der Waals surface area contributed by atoms with E-state index in [9.17, 15) is 4.39 Å². The molecule has 1 rings (SSSR count). The molecule has 3 heteroatoms. The normalized spacial score (nSPS) is 13.0. The maximum atomic E-state index is 12.8. The second-order valence-electron chi connectivity index (χ2n) is 2.40. The molecule has 1 aromatic heterocycles. The van der Waals surface area contributed by atoms with E-state index < -0.39 is 5.95 Å². The molecule has 0 aromatic carbocycles. The summed E-state index contributed by atoms with van der Waals surface area (Å²) in [6.45, 7) is 1.91. The van der Waals surface area contributed by atoms with Crippen LogP contribution in [0.4, 0.5) is 4.39 Å². The van der Waals surface area contributed by atoms with Crippen molar-refractivity contribution < 1.29 is 4.39 Å². The zero-order chi connectivity index (χ0) is 8.27. The summed E-state index contributed by atoms with van der Waals surface area (Å²) < 4.78 is 12.8. The lowest BCUT2D eigenvalue weighted by molar-refractivity contribution is 0.540. The Labute approximate surface area is 65.3 Å². The lowest BCUT2D eigenvalue weighted by Gasteiger charge is -2.07. The van der Waals surface area contributed by atoms with Crippen LogP contribution in [-0.4, -0.2) is 4.98 Å². The second-order valence-corrected chi connectivity index (χ2v) is 2.40. The van der Waals surface area contributed by atoms with Crippen LogP contribution in [0.15, 0.2) is 18.3 Å². The first kappa shape index (κ1) is 8.14. The summed E-state index contributed by atoms with van der Waals surface area (Å²) in [4.78, 5) is 3.50. The first-order valence-corrected chi connectivity index (χ1v) is 3.61. The van der Waals surface area contributed by atoms with Crippen LogP contribution in [0.1, 0.15) is 24.9 Å². The second kappa shape index (κ2) is 3.44. The highest BCUT2D eigenvalue weighted by Crippen LogP contribution is 2.14. The molecule has 1 atom stereocenters. The van der Waals surface area contributed by atoms with Gasteiger partial charge in [-0.3, -0.25) is 0 Å². The largest absolute Gasteiger partial charge is 0.324 e. The van der Waals surface area contributed by atoms with Crippen molar-refractivity contribution in [3.05, 3.63) is 29.8 Å². The quantitative estimate of drug-likeness (QED) is 0.657. The van der Waals surface area contributed by atoms with E-state index in [0.29, 0.717) is 5.56 Å². The molecule has 0 fully saturated rings. The summed E-state index contributed by atoms with van der Waals surface area (Å²) in [6, 6.07) is 3.12. The zero-order valence-electron chi connectivity index (χ0n) is 6.42. The fraction of sp³-hybridized carbons (Fsp3) is 0.375. The molecule has 2 N–H and O–H groups in total. The number of hydrogen-bond donors (Lipinski definition) is 1. The van der Waals surface area contributed by atoms with Crippen LogP contribution in [0.2, 0.25) is 0 Å². The Balaban J connectivity index is 2.93. The maximum absolute atomic E-state index is 12.8. The molecule has 60 valence electrons. The van der Waals surface area contributed by atoms with Gasteiger partial charge in [-0.15, -0.1) is 0 Å². The van der Waals surface area contributed by atoms with Gasteiger partial charge >= 0.3 is 0 Å². The SMILES string of the molecule is CC[C@@H](N)c1cccnc1F. The van der Waals surface area contributed by atoms with E-state index in [0.717, 1.165) is 6.42 Å². The Bertz CT molecular complexity index is 237. The molecular weight excluding hydrogens is 143 g/mol. The highest BCUT2D eigenvalue weighted by molar-refractivity contribution is 5.14. The van der Waals surface area contributed by atoms with E-state index >= 15 is 0 Å². The maximum Gasteiger partial charge on any atom is 0.217 e. The summed E-state index contributed by atoms with van der Waals surface area (Å²) >= 11 is 0. The van der Waals surface area contributed by atoms with Crippen LogP contribution in [0.25, 0.3) is 0 Å². The third-order valence-corrected chi connectivity index (χ3v) is 1.63. The van der Waals surface area contributed by atoms with Gasteiger partial charge in [0.25, 0.3) is 0 Å². The minimum Gasteiger partial charge on any atom is -0.324 e. The van der Waals surface area contributed by atoms with E-state index in [4.69, 9.17) is 5.73 Å². The Hall–Kier alpha value is -0.960. The molecular formula is C8H11FN2. The van der Waals surface area contributed by atoms with Gasteiger partial charge < -0.3 is 5.73 Å². The summed E-state index contributed by atoms with van der Waals surface area (Å²) in [5.41, 5.74) is 6.11. The average Bonchev–Trinajstić information content (AvgIpc) is 2.04. The van der Waals surface area contributed by atoms with E-state index in [-0.39, 0.29) is 6.04 Å². The highest BCUT2D eigenvalue weighted by Gasteiger charge is 2.08. The van der Waals surface area contributed by atoms with Gasteiger partial charge in [0.15, 0.2) is 0 Å². The van der Waals surface area contributed by atoms with Crippen molar-refractivity contribution in [2.75, 3.05) is 0 Å². The summed E-state index contributed by atoms with van der Waals surface area (Å²) in [7, 11) is 0. The van der Waals surface area contributed by atoms with Crippen LogP contribution in [0, 0.1) is 5.95 Å². The fourth-order valence-electron chi connectivity index (χ4n) is 0.895. The van der Waals surface area contributed by atoms with Gasteiger partial charge in [-0.05, 0) is 12.5 Å². The van der Waals surface area contributed by atoms with Crippen molar-refractivity contribution in [3.63, 3.8) is 0 Å². The number of nitrogens with zero attached hydrogens (tertiary/aromatic N) is 1. The van der Waals surface area contributed by atoms with Gasteiger partial charge in [-0.1, -0.05) is 13.0 Å². The molecule has 0 unspecified atom stereocenters. The number of hydrogen-bond acceptors (Lipinski definition) is 2. The van der Waals surface area contributed by atoms with Crippen molar-refractivity contribution in [1.82, 2.24) is 4.98 Å². The highest BCUT2D eigenvalue weighted by atomic mass is 19.1. The monoisotopic (exact) mass is 154 g/mol.